The number of carbonyl (C=O) groups excluding carboxylic acids is 1. The van der Waals surface area contributed by atoms with E-state index < -0.39 is 0 Å². The van der Waals surface area contributed by atoms with E-state index in [9.17, 15) is 4.79 Å². The molecule has 0 spiro atoms. The Bertz CT molecular complexity index is 389. The van der Waals surface area contributed by atoms with Crippen molar-refractivity contribution >= 4 is 17.3 Å². The third-order valence-corrected chi connectivity index (χ3v) is 2.38. The number of hydrogen-bond acceptors (Lipinski definition) is 3. The molecule has 0 aromatic heterocycles. The topological polar surface area (TPSA) is 61.4 Å². The maximum atomic E-state index is 10.9. The molecule has 3 N–H and O–H groups in total. The number of nitrogens with one attached hydrogen (secondary N) is 2. The van der Waals surface area contributed by atoms with Crippen LogP contribution in [-0.4, -0.2) is 24.2 Å². The van der Waals surface area contributed by atoms with Crippen LogP contribution in [-0.2, 0) is 4.79 Å². The van der Waals surface area contributed by atoms with Gasteiger partial charge in [-0.25, -0.2) is 0 Å². The molecule has 0 aliphatic rings. The molecule has 4 heteroatoms. The van der Waals surface area contributed by atoms with E-state index >= 15 is 0 Å². The van der Waals surface area contributed by atoms with E-state index in [1.807, 2.05) is 38.1 Å². The van der Waals surface area contributed by atoms with Crippen LogP contribution in [0.15, 0.2) is 24.3 Å². The molecule has 0 heterocycles. The van der Waals surface area contributed by atoms with E-state index in [1.54, 1.807) is 0 Å². The van der Waals surface area contributed by atoms with Crippen molar-refractivity contribution in [3.05, 3.63) is 24.3 Å². The van der Waals surface area contributed by atoms with Crippen LogP contribution in [0.4, 0.5) is 11.4 Å². The minimum atomic E-state index is -0.163. The molecule has 0 unspecified atom stereocenters. The highest BCUT2D eigenvalue weighted by Gasteiger charge is 2.15. The van der Waals surface area contributed by atoms with E-state index in [0.717, 1.165) is 11.4 Å². The highest BCUT2D eigenvalue weighted by atomic mass is 16.3. The summed E-state index contributed by atoms with van der Waals surface area (Å²) in [7, 11) is 0. The van der Waals surface area contributed by atoms with Crippen LogP contribution in [0.3, 0.4) is 0 Å². The molecule has 0 aliphatic carbocycles. The molecule has 94 valence electrons. The first-order valence-corrected chi connectivity index (χ1v) is 5.65. The van der Waals surface area contributed by atoms with Gasteiger partial charge in [-0.3, -0.25) is 4.79 Å². The van der Waals surface area contributed by atoms with E-state index in [2.05, 4.69) is 10.6 Å². The Morgan fingerprint density at radius 2 is 2.00 bits per heavy atom. The highest BCUT2D eigenvalue weighted by molar-refractivity contribution is 5.89. The fourth-order valence-corrected chi connectivity index (χ4v) is 1.31. The summed E-state index contributed by atoms with van der Waals surface area (Å²) in [6.07, 6.45) is 0. The van der Waals surface area contributed by atoms with Crippen LogP contribution in [0, 0.1) is 5.41 Å². The highest BCUT2D eigenvalue weighted by Crippen LogP contribution is 2.18. The second kappa shape index (κ2) is 5.68. The molecule has 1 rings (SSSR count). The molecule has 0 radical (unpaired) electrons. The molecule has 0 atom stereocenters. The average molecular weight is 236 g/mol. The summed E-state index contributed by atoms with van der Waals surface area (Å²) < 4.78 is 0. The first-order valence-electron chi connectivity index (χ1n) is 5.65. The number of rotatable bonds is 5. The lowest BCUT2D eigenvalue weighted by Gasteiger charge is -2.22. The number of carbonyl (C=O) groups is 1. The lowest BCUT2D eigenvalue weighted by molar-refractivity contribution is -0.114. The first-order chi connectivity index (χ1) is 7.93. The Morgan fingerprint density at radius 3 is 2.59 bits per heavy atom. The quantitative estimate of drug-likeness (QED) is 0.733. The van der Waals surface area contributed by atoms with Crippen LogP contribution in [0.2, 0.25) is 0 Å². The van der Waals surface area contributed by atoms with Gasteiger partial charge in [0.2, 0.25) is 5.91 Å². The SMILES string of the molecule is CC(=O)Nc1cccc(NCC(C)(C)CO)c1. The molecule has 1 aromatic carbocycles. The molecule has 1 aromatic rings. The van der Waals surface area contributed by atoms with Crippen LogP contribution in [0.25, 0.3) is 0 Å². The molecule has 0 bridgehead atoms. The van der Waals surface area contributed by atoms with Gasteiger partial charge in [0.1, 0.15) is 0 Å². The summed E-state index contributed by atoms with van der Waals surface area (Å²) in [5.74, 6) is -0.0853. The van der Waals surface area contributed by atoms with Gasteiger partial charge in [-0.15, -0.1) is 0 Å². The third-order valence-electron chi connectivity index (χ3n) is 2.38. The Kier molecular flexibility index (Phi) is 4.52. The van der Waals surface area contributed by atoms with Gasteiger partial charge in [0.25, 0.3) is 0 Å². The lowest BCUT2D eigenvalue weighted by atomic mass is 9.95. The number of amides is 1. The fraction of sp³-hybridized carbons (Fsp3) is 0.462. The molecular formula is C13H20N2O2. The zero-order chi connectivity index (χ0) is 12.9. The summed E-state index contributed by atoms with van der Waals surface area (Å²) in [5.41, 5.74) is 1.53. The second-order valence-electron chi connectivity index (χ2n) is 4.94. The van der Waals surface area contributed by atoms with Crippen molar-refractivity contribution < 1.29 is 9.90 Å². The standard InChI is InChI=1S/C13H20N2O2/c1-10(17)15-12-6-4-5-11(7-12)14-8-13(2,3)9-16/h4-7,14,16H,8-9H2,1-3H3,(H,15,17). The molecule has 17 heavy (non-hydrogen) atoms. The van der Waals surface area contributed by atoms with E-state index in [0.29, 0.717) is 6.54 Å². The van der Waals surface area contributed by atoms with Crippen molar-refractivity contribution in [3.63, 3.8) is 0 Å². The van der Waals surface area contributed by atoms with Crippen molar-refractivity contribution in [2.45, 2.75) is 20.8 Å². The zero-order valence-electron chi connectivity index (χ0n) is 10.6. The number of aliphatic hydroxyl groups is 1. The molecule has 0 aliphatic heterocycles. The van der Waals surface area contributed by atoms with Gasteiger partial charge in [-0.05, 0) is 18.2 Å². The average Bonchev–Trinajstić information content (AvgIpc) is 2.26. The van der Waals surface area contributed by atoms with Gasteiger partial charge >= 0.3 is 0 Å². The second-order valence-corrected chi connectivity index (χ2v) is 4.94. The minimum absolute atomic E-state index is 0.0853. The molecule has 0 saturated carbocycles. The van der Waals surface area contributed by atoms with Gasteiger partial charge in [-0.2, -0.15) is 0 Å². The van der Waals surface area contributed by atoms with Crippen LogP contribution in [0.5, 0.6) is 0 Å². The molecular weight excluding hydrogens is 216 g/mol. The summed E-state index contributed by atoms with van der Waals surface area (Å²) in [6.45, 7) is 6.25. The largest absolute Gasteiger partial charge is 0.396 e. The predicted molar refractivity (Wildman–Crippen MR) is 70.1 cm³/mol. The maximum absolute atomic E-state index is 10.9. The number of hydrogen-bond donors (Lipinski definition) is 3. The van der Waals surface area contributed by atoms with Crippen LogP contribution in [0.1, 0.15) is 20.8 Å². The van der Waals surface area contributed by atoms with E-state index in [1.165, 1.54) is 6.92 Å². The molecule has 4 nitrogen and oxygen atoms in total. The smallest absolute Gasteiger partial charge is 0.221 e. The predicted octanol–water partition coefficient (Wildman–Crippen LogP) is 2.08. The Labute approximate surface area is 102 Å². The van der Waals surface area contributed by atoms with Gasteiger partial charge in [0.05, 0.1) is 0 Å². The monoisotopic (exact) mass is 236 g/mol. The van der Waals surface area contributed by atoms with Crippen molar-refractivity contribution in [1.29, 1.82) is 0 Å². The number of anilines is 2. The van der Waals surface area contributed by atoms with Gasteiger partial charge in [0.15, 0.2) is 0 Å². The van der Waals surface area contributed by atoms with Gasteiger partial charge in [0, 0.05) is 36.9 Å². The van der Waals surface area contributed by atoms with Crippen molar-refractivity contribution in [2.24, 2.45) is 5.41 Å². The number of aliphatic hydroxyl groups excluding tert-OH is 1. The maximum Gasteiger partial charge on any atom is 0.221 e. The van der Waals surface area contributed by atoms with Crippen LogP contribution >= 0.6 is 0 Å². The Morgan fingerprint density at radius 1 is 1.35 bits per heavy atom. The van der Waals surface area contributed by atoms with Gasteiger partial charge in [-0.1, -0.05) is 19.9 Å². The summed E-state index contributed by atoms with van der Waals surface area (Å²) in [5, 5.41) is 15.1. The van der Waals surface area contributed by atoms with Crippen LogP contribution < -0.4 is 10.6 Å². The molecule has 1 amide bonds. The zero-order valence-corrected chi connectivity index (χ0v) is 10.6. The van der Waals surface area contributed by atoms with E-state index in [4.69, 9.17) is 5.11 Å². The normalized spacial score (nSPS) is 11.1. The fourth-order valence-electron chi connectivity index (χ4n) is 1.31. The third kappa shape index (κ3) is 4.87. The summed E-state index contributed by atoms with van der Waals surface area (Å²) in [6, 6.07) is 7.51. The first kappa shape index (κ1) is 13.5. The molecule has 0 fully saturated rings. The van der Waals surface area contributed by atoms with Crippen molar-refractivity contribution in [3.8, 4) is 0 Å². The molecule has 0 saturated heterocycles. The van der Waals surface area contributed by atoms with Crippen molar-refractivity contribution in [2.75, 3.05) is 23.8 Å². The van der Waals surface area contributed by atoms with E-state index in [-0.39, 0.29) is 17.9 Å². The lowest BCUT2D eigenvalue weighted by Crippen LogP contribution is -2.26. The summed E-state index contributed by atoms with van der Waals surface area (Å²) >= 11 is 0. The Hall–Kier alpha value is -1.55. The Balaban J connectivity index is 2.63. The number of benzene rings is 1. The minimum Gasteiger partial charge on any atom is -0.396 e. The van der Waals surface area contributed by atoms with Crippen molar-refractivity contribution in [1.82, 2.24) is 0 Å². The van der Waals surface area contributed by atoms with Gasteiger partial charge < -0.3 is 15.7 Å². The summed E-state index contributed by atoms with van der Waals surface area (Å²) in [4.78, 5) is 10.9.